The van der Waals surface area contributed by atoms with Gasteiger partial charge in [-0.1, -0.05) is 158 Å². The van der Waals surface area contributed by atoms with E-state index < -0.39 is 0 Å². The maximum atomic E-state index is 2.72. The van der Waals surface area contributed by atoms with Crippen LogP contribution in [0.1, 0.15) is 0 Å². The molecule has 0 bridgehead atoms. The van der Waals surface area contributed by atoms with Gasteiger partial charge in [-0.25, -0.2) is 0 Å². The van der Waals surface area contributed by atoms with E-state index in [1.165, 1.54) is 143 Å². The third-order valence-corrected chi connectivity index (χ3v) is 17.4. The Morgan fingerprint density at radius 2 is 0.595 bits per heavy atom. The zero-order valence-electron chi connectivity index (χ0n) is 39.8. The van der Waals surface area contributed by atoms with Crippen molar-refractivity contribution in [3.63, 3.8) is 0 Å². The van der Waals surface area contributed by atoms with Gasteiger partial charge in [-0.3, -0.25) is 0 Å². The summed E-state index contributed by atoms with van der Waals surface area (Å²) in [5, 5.41) is 10.2. The molecule has 4 aliphatic rings. The molecule has 15 aromatic rings. The summed E-state index contributed by atoms with van der Waals surface area (Å²) in [7, 11) is 0. The van der Waals surface area contributed by atoms with Crippen molar-refractivity contribution in [2.45, 2.75) is 0 Å². The molecule has 4 aliphatic heterocycles. The Morgan fingerprint density at radius 3 is 0.986 bits per heavy atom. The first-order chi connectivity index (χ1) is 36.8. The molecule has 0 spiro atoms. The highest BCUT2D eigenvalue weighted by Gasteiger charge is 2.52. The van der Waals surface area contributed by atoms with Crippen molar-refractivity contribution in [3.8, 4) is 33.6 Å². The molecule has 0 N–H and O–H groups in total. The maximum absolute atomic E-state index is 2.72. The number of nitrogens with zero attached hydrogens (tertiary/aromatic N) is 6. The van der Waals surface area contributed by atoms with Crippen LogP contribution in [0.15, 0.2) is 231 Å². The number of para-hydroxylation sites is 6. The molecule has 11 aromatic carbocycles. The number of fused-ring (bicyclic) bond motifs is 30. The summed E-state index contributed by atoms with van der Waals surface area (Å²) >= 11 is 0. The lowest BCUT2D eigenvalue weighted by molar-refractivity contribution is 1.18. The quantitative estimate of drug-likeness (QED) is 0.161. The molecular weight excluding hydrogens is 898 g/mol. The Kier molecular flexibility index (Phi) is 6.82. The van der Waals surface area contributed by atoms with E-state index in [-0.39, 0.29) is 14.0 Å². The smallest absolute Gasteiger partial charge is 0.359 e. The van der Waals surface area contributed by atoms with Gasteiger partial charge in [0, 0.05) is 88.0 Å². The van der Waals surface area contributed by atoms with E-state index in [0.717, 1.165) is 11.4 Å². The summed E-state index contributed by atoms with van der Waals surface area (Å²) in [6, 6.07) is 86.6. The average molecular weight is 937 g/mol. The van der Waals surface area contributed by atoms with Crippen LogP contribution in [0.3, 0.4) is 0 Å². The third kappa shape index (κ3) is 4.35. The summed E-state index contributed by atoms with van der Waals surface area (Å²) in [5.41, 5.74) is 24.9. The molecule has 0 saturated carbocycles. The zero-order chi connectivity index (χ0) is 47.7. The van der Waals surface area contributed by atoms with Crippen LogP contribution in [0, 0.1) is 0 Å². The van der Waals surface area contributed by atoms with Crippen LogP contribution in [-0.2, 0) is 0 Å². The number of hydrogen-bond acceptors (Lipinski definition) is 2. The fraction of sp³-hybridized carbons (Fsp3) is 0. The Balaban J connectivity index is 0.919. The highest BCUT2D eigenvalue weighted by Crippen LogP contribution is 2.61. The second kappa shape index (κ2) is 13.2. The predicted octanol–water partition coefficient (Wildman–Crippen LogP) is 14.8. The van der Waals surface area contributed by atoms with Gasteiger partial charge in [-0.2, -0.15) is 0 Å². The van der Waals surface area contributed by atoms with Crippen LogP contribution in [0.4, 0.5) is 22.7 Å². The van der Waals surface area contributed by atoms with Gasteiger partial charge in [0.25, 0.3) is 0 Å². The fourth-order valence-corrected chi connectivity index (χ4v) is 14.7. The Hall–Kier alpha value is -9.65. The van der Waals surface area contributed by atoms with Crippen molar-refractivity contribution in [2.24, 2.45) is 0 Å². The third-order valence-electron chi connectivity index (χ3n) is 17.4. The molecule has 8 heterocycles. The summed E-state index contributed by atoms with van der Waals surface area (Å²) in [6.45, 7) is -0.205. The van der Waals surface area contributed by atoms with Gasteiger partial charge in [0.2, 0.25) is 0 Å². The largest absolute Gasteiger partial charge is 0.421 e. The lowest BCUT2D eigenvalue weighted by atomic mass is 9.60. The standard InChI is InChI=1S/C66H38B2N6/c1-9-25-51-41(17-1)49-37-39(69-53-27-11-3-19-43(53)44-20-4-12-28-54(44)69)33-35-59(49)73-65-62-48-24-8-16-32-58(48)72-64(62)66(61-47-23-7-15-31-57(47)71(63(61)65)67(51)73)74-60-36-34-40(38-50(60)42-18-2-10-26-52(42)68(72)74)70-55-29-13-5-21-45(55)46-22-6-14-30-56(46)70/h1-38H. The van der Waals surface area contributed by atoms with Crippen LogP contribution in [-0.4, -0.2) is 32.1 Å². The second-order valence-corrected chi connectivity index (χ2v) is 20.7. The van der Waals surface area contributed by atoms with E-state index in [4.69, 9.17) is 0 Å². The molecule has 338 valence electrons. The number of aromatic nitrogens is 4. The molecule has 6 nitrogen and oxygen atoms in total. The van der Waals surface area contributed by atoms with Crippen molar-refractivity contribution in [3.05, 3.63) is 231 Å². The summed E-state index contributed by atoms with van der Waals surface area (Å²) in [6.07, 6.45) is 0. The topological polar surface area (TPSA) is 26.2 Å². The van der Waals surface area contributed by atoms with Gasteiger partial charge in [0.1, 0.15) is 0 Å². The highest BCUT2D eigenvalue weighted by molar-refractivity contribution is 6.85. The first-order valence-corrected chi connectivity index (χ1v) is 25.8. The monoisotopic (exact) mass is 936 g/mol. The normalized spacial score (nSPS) is 13.8. The molecule has 0 unspecified atom stereocenters. The number of rotatable bonds is 2. The molecule has 19 rings (SSSR count). The minimum atomic E-state index is -0.103. The van der Waals surface area contributed by atoms with Crippen LogP contribution < -0.4 is 20.5 Å². The number of hydrogen-bond donors (Lipinski definition) is 0. The maximum Gasteiger partial charge on any atom is 0.421 e. The molecule has 0 fully saturated rings. The minimum absolute atomic E-state index is 0.103. The van der Waals surface area contributed by atoms with Crippen molar-refractivity contribution >= 4 is 135 Å². The number of anilines is 4. The number of benzene rings is 11. The van der Waals surface area contributed by atoms with Crippen molar-refractivity contribution in [1.29, 1.82) is 0 Å². The van der Waals surface area contributed by atoms with Crippen LogP contribution in [0.5, 0.6) is 0 Å². The Labute approximate surface area is 424 Å². The molecule has 8 heteroatoms. The Bertz CT molecular complexity index is 4660. The summed E-state index contributed by atoms with van der Waals surface area (Å²) in [5.74, 6) is 0. The molecule has 4 aromatic heterocycles. The van der Waals surface area contributed by atoms with Crippen LogP contribution in [0.2, 0.25) is 0 Å². The van der Waals surface area contributed by atoms with E-state index in [9.17, 15) is 0 Å². The average Bonchev–Trinajstić information content (AvgIpc) is 4.47. The van der Waals surface area contributed by atoms with Crippen LogP contribution in [0.25, 0.3) is 121 Å². The van der Waals surface area contributed by atoms with E-state index >= 15 is 0 Å². The van der Waals surface area contributed by atoms with Gasteiger partial charge >= 0.3 is 14.0 Å². The van der Waals surface area contributed by atoms with E-state index in [1.54, 1.807) is 0 Å². The predicted molar refractivity (Wildman–Crippen MR) is 311 cm³/mol. The summed E-state index contributed by atoms with van der Waals surface area (Å²) < 4.78 is 10.3. The molecule has 0 amide bonds. The van der Waals surface area contributed by atoms with E-state index in [1.807, 2.05) is 0 Å². The Morgan fingerprint density at radius 1 is 0.270 bits per heavy atom. The van der Waals surface area contributed by atoms with E-state index in [0.29, 0.717) is 0 Å². The molecule has 74 heavy (non-hydrogen) atoms. The lowest BCUT2D eigenvalue weighted by Crippen LogP contribution is -2.51. The summed E-state index contributed by atoms with van der Waals surface area (Å²) in [4.78, 5) is 5.43. The minimum Gasteiger partial charge on any atom is -0.359 e. The molecule has 0 aliphatic carbocycles. The van der Waals surface area contributed by atoms with Gasteiger partial charge in [-0.05, 0) is 94.8 Å². The van der Waals surface area contributed by atoms with Gasteiger partial charge in [0.05, 0.1) is 44.5 Å². The van der Waals surface area contributed by atoms with E-state index in [2.05, 4.69) is 258 Å². The lowest BCUT2D eigenvalue weighted by Gasteiger charge is -2.36. The van der Waals surface area contributed by atoms with Crippen molar-refractivity contribution in [1.82, 2.24) is 18.1 Å². The van der Waals surface area contributed by atoms with Gasteiger partial charge in [0.15, 0.2) is 0 Å². The zero-order valence-corrected chi connectivity index (χ0v) is 39.8. The SMILES string of the molecule is c1ccc2c(c1)B1N(c3ccc(-n4c5ccccc5c5ccccc54)cc3-2)c2c3c4ccccc4n4c3c(c3c5ccccc5n1c23)N1B4c2ccccc2-c2cc(-n3c4ccccc4c4ccccc43)ccc21. The highest BCUT2D eigenvalue weighted by atomic mass is 15.3. The van der Waals surface area contributed by atoms with Crippen molar-refractivity contribution < 1.29 is 0 Å². The first kappa shape index (κ1) is 38.1. The fourth-order valence-electron chi connectivity index (χ4n) is 14.7. The second-order valence-electron chi connectivity index (χ2n) is 20.7. The van der Waals surface area contributed by atoms with Gasteiger partial charge < -0.3 is 27.7 Å². The molecular formula is C66H38B2N6. The van der Waals surface area contributed by atoms with Gasteiger partial charge in [-0.15, -0.1) is 0 Å². The van der Waals surface area contributed by atoms with Crippen molar-refractivity contribution in [2.75, 3.05) is 9.62 Å². The van der Waals surface area contributed by atoms with Crippen LogP contribution >= 0.6 is 0 Å². The first-order valence-electron chi connectivity index (χ1n) is 25.8. The molecule has 0 atom stereocenters. The molecule has 0 radical (unpaired) electrons. The molecule has 0 saturated heterocycles.